The molecule has 1 aliphatic rings. The first-order valence-corrected chi connectivity index (χ1v) is 11.5. The lowest BCUT2D eigenvalue weighted by atomic mass is 10.0. The molecule has 1 fully saturated rings. The SMILES string of the molecule is CCC(C)NS(=O)(=O)c1c(C)c(C)cc2c(C)c(C(=O)N3CCCCC3)oc12. The number of hydrogen-bond acceptors (Lipinski definition) is 4. The van der Waals surface area contributed by atoms with Crippen LogP contribution < -0.4 is 4.72 Å². The average molecular weight is 407 g/mol. The quantitative estimate of drug-likeness (QED) is 0.812. The third-order valence-corrected chi connectivity index (χ3v) is 7.51. The second-order valence-electron chi connectivity index (χ2n) is 7.86. The highest BCUT2D eigenvalue weighted by Gasteiger charge is 2.30. The van der Waals surface area contributed by atoms with Crippen molar-refractivity contribution in [3.8, 4) is 0 Å². The lowest BCUT2D eigenvalue weighted by Crippen LogP contribution is -2.35. The standard InChI is InChI=1S/C21H30N2O4S/c1-6-14(3)22-28(25,26)20-15(4)13(2)12-17-16(5)18(27-19(17)20)21(24)23-10-8-7-9-11-23/h12,14,22H,6-11H2,1-5H3. The first kappa shape index (κ1) is 20.9. The van der Waals surface area contributed by atoms with Crippen LogP contribution in [0.2, 0.25) is 0 Å². The van der Waals surface area contributed by atoms with Crippen molar-refractivity contribution in [1.82, 2.24) is 9.62 Å². The van der Waals surface area contributed by atoms with Crippen LogP contribution in [0.3, 0.4) is 0 Å². The van der Waals surface area contributed by atoms with Crippen LogP contribution in [0, 0.1) is 20.8 Å². The van der Waals surface area contributed by atoms with Crippen molar-refractivity contribution < 1.29 is 17.6 Å². The molecule has 28 heavy (non-hydrogen) atoms. The van der Waals surface area contributed by atoms with Gasteiger partial charge in [0, 0.05) is 30.1 Å². The van der Waals surface area contributed by atoms with Crippen molar-refractivity contribution in [3.05, 3.63) is 28.5 Å². The maximum absolute atomic E-state index is 13.1. The number of rotatable bonds is 5. The van der Waals surface area contributed by atoms with Gasteiger partial charge in [0.25, 0.3) is 5.91 Å². The summed E-state index contributed by atoms with van der Waals surface area (Å²) in [5.41, 5.74) is 2.48. The normalized spacial score (nSPS) is 16.5. The fourth-order valence-electron chi connectivity index (χ4n) is 3.72. The van der Waals surface area contributed by atoms with Gasteiger partial charge < -0.3 is 9.32 Å². The lowest BCUT2D eigenvalue weighted by molar-refractivity contribution is 0.0693. The van der Waals surface area contributed by atoms with Crippen LogP contribution in [0.4, 0.5) is 0 Å². The summed E-state index contributed by atoms with van der Waals surface area (Å²) in [5, 5.41) is 0.688. The van der Waals surface area contributed by atoms with Gasteiger partial charge in [-0.3, -0.25) is 4.79 Å². The molecule has 1 atom stereocenters. The molecule has 1 aliphatic heterocycles. The van der Waals surface area contributed by atoms with E-state index in [1.54, 1.807) is 11.8 Å². The van der Waals surface area contributed by atoms with E-state index < -0.39 is 10.0 Å². The Labute approximate surface area is 167 Å². The number of fused-ring (bicyclic) bond motifs is 1. The summed E-state index contributed by atoms with van der Waals surface area (Å²) in [6, 6.07) is 1.73. The molecule has 1 aromatic carbocycles. The van der Waals surface area contributed by atoms with E-state index in [1.165, 1.54) is 0 Å². The molecule has 1 N–H and O–H groups in total. The van der Waals surface area contributed by atoms with Gasteiger partial charge in [-0.1, -0.05) is 6.92 Å². The van der Waals surface area contributed by atoms with E-state index in [2.05, 4.69) is 4.72 Å². The summed E-state index contributed by atoms with van der Waals surface area (Å²) < 4.78 is 34.9. The first-order chi connectivity index (χ1) is 13.2. The molecular formula is C21H30N2O4S. The zero-order valence-electron chi connectivity index (χ0n) is 17.4. The summed E-state index contributed by atoms with van der Waals surface area (Å²) in [5.74, 6) is 0.101. The smallest absolute Gasteiger partial charge is 0.289 e. The van der Waals surface area contributed by atoms with Gasteiger partial charge in [-0.05, 0) is 70.6 Å². The Balaban J connectivity index is 2.17. The monoisotopic (exact) mass is 406 g/mol. The van der Waals surface area contributed by atoms with E-state index in [-0.39, 0.29) is 28.2 Å². The van der Waals surface area contributed by atoms with Crippen molar-refractivity contribution >= 4 is 26.9 Å². The molecule has 7 heteroatoms. The molecule has 1 unspecified atom stereocenters. The Morgan fingerprint density at radius 1 is 1.18 bits per heavy atom. The van der Waals surface area contributed by atoms with Gasteiger partial charge >= 0.3 is 0 Å². The highest BCUT2D eigenvalue weighted by Crippen LogP contribution is 2.35. The second kappa shape index (κ2) is 7.87. The fraction of sp³-hybridized carbons (Fsp3) is 0.571. The van der Waals surface area contributed by atoms with Gasteiger partial charge in [0.1, 0.15) is 4.90 Å². The molecule has 2 aromatic rings. The molecule has 1 aromatic heterocycles. The summed E-state index contributed by atoms with van der Waals surface area (Å²) in [6.45, 7) is 10.7. The number of sulfonamides is 1. The van der Waals surface area contributed by atoms with Crippen molar-refractivity contribution in [1.29, 1.82) is 0 Å². The van der Waals surface area contributed by atoms with Crippen LogP contribution >= 0.6 is 0 Å². The zero-order valence-corrected chi connectivity index (χ0v) is 18.2. The molecule has 0 radical (unpaired) electrons. The van der Waals surface area contributed by atoms with Crippen LogP contribution in [0.15, 0.2) is 15.4 Å². The number of hydrogen-bond donors (Lipinski definition) is 1. The zero-order chi connectivity index (χ0) is 20.6. The van der Waals surface area contributed by atoms with Crippen LogP contribution in [0.25, 0.3) is 11.0 Å². The summed E-state index contributed by atoms with van der Waals surface area (Å²) in [7, 11) is -3.77. The molecular weight excluding hydrogens is 376 g/mol. The summed E-state index contributed by atoms with van der Waals surface area (Å²) >= 11 is 0. The van der Waals surface area contributed by atoms with Gasteiger partial charge in [-0.2, -0.15) is 0 Å². The van der Waals surface area contributed by atoms with E-state index in [0.717, 1.165) is 24.8 Å². The van der Waals surface area contributed by atoms with Gasteiger partial charge in [0.15, 0.2) is 11.3 Å². The van der Waals surface area contributed by atoms with Crippen LogP contribution in [-0.2, 0) is 10.0 Å². The summed E-state index contributed by atoms with van der Waals surface area (Å²) in [6.07, 6.45) is 3.79. The number of benzene rings is 1. The minimum atomic E-state index is -3.77. The maximum atomic E-state index is 13.1. The third kappa shape index (κ3) is 3.70. The van der Waals surface area contributed by atoms with Crippen molar-refractivity contribution in [2.45, 2.75) is 71.2 Å². The number of likely N-dealkylation sites (tertiary alicyclic amines) is 1. The number of carbonyl (C=O) groups is 1. The number of nitrogens with one attached hydrogen (secondary N) is 1. The van der Waals surface area contributed by atoms with Gasteiger partial charge in [-0.15, -0.1) is 0 Å². The Kier molecular flexibility index (Phi) is 5.87. The first-order valence-electron chi connectivity index (χ1n) is 10.0. The number of amides is 1. The van der Waals surface area contributed by atoms with Gasteiger partial charge in [0.05, 0.1) is 0 Å². The van der Waals surface area contributed by atoms with Crippen LogP contribution in [-0.4, -0.2) is 38.4 Å². The molecule has 0 bridgehead atoms. The number of piperidine rings is 1. The number of nitrogens with zero attached hydrogens (tertiary/aromatic N) is 1. The molecule has 154 valence electrons. The molecule has 0 aliphatic carbocycles. The maximum Gasteiger partial charge on any atom is 0.289 e. The minimum Gasteiger partial charge on any atom is -0.449 e. The molecule has 1 saturated heterocycles. The molecule has 0 saturated carbocycles. The topological polar surface area (TPSA) is 79.6 Å². The Bertz CT molecular complexity index is 1000. The van der Waals surface area contributed by atoms with E-state index >= 15 is 0 Å². The minimum absolute atomic E-state index is 0.142. The average Bonchev–Trinajstić information content (AvgIpc) is 2.98. The molecule has 2 heterocycles. The molecule has 1 amide bonds. The number of aryl methyl sites for hydroxylation is 2. The van der Waals surface area contributed by atoms with Crippen molar-refractivity contribution in [3.63, 3.8) is 0 Å². The van der Waals surface area contributed by atoms with Gasteiger partial charge in [0.2, 0.25) is 10.0 Å². The lowest BCUT2D eigenvalue weighted by Gasteiger charge is -2.25. The Morgan fingerprint density at radius 2 is 1.82 bits per heavy atom. The van der Waals surface area contributed by atoms with Crippen molar-refractivity contribution in [2.75, 3.05) is 13.1 Å². The highest BCUT2D eigenvalue weighted by molar-refractivity contribution is 7.89. The molecule has 6 nitrogen and oxygen atoms in total. The second-order valence-corrected chi connectivity index (χ2v) is 9.51. The fourth-order valence-corrected chi connectivity index (χ4v) is 5.49. The largest absolute Gasteiger partial charge is 0.449 e. The molecule has 3 rings (SSSR count). The highest BCUT2D eigenvalue weighted by atomic mass is 32.2. The number of carbonyl (C=O) groups excluding carboxylic acids is 1. The third-order valence-electron chi connectivity index (χ3n) is 5.77. The van der Waals surface area contributed by atoms with Crippen LogP contribution in [0.1, 0.15) is 66.8 Å². The van der Waals surface area contributed by atoms with E-state index in [4.69, 9.17) is 4.42 Å². The predicted octanol–water partition coefficient (Wildman–Crippen LogP) is 4.06. The van der Waals surface area contributed by atoms with Crippen LogP contribution in [0.5, 0.6) is 0 Å². The Morgan fingerprint density at radius 3 is 2.43 bits per heavy atom. The van der Waals surface area contributed by atoms with E-state index in [1.807, 2.05) is 33.8 Å². The van der Waals surface area contributed by atoms with E-state index in [9.17, 15) is 13.2 Å². The molecule has 0 spiro atoms. The number of furan rings is 1. The summed E-state index contributed by atoms with van der Waals surface area (Å²) in [4.78, 5) is 15.0. The van der Waals surface area contributed by atoms with E-state index in [0.29, 0.717) is 36.0 Å². The predicted molar refractivity (Wildman–Crippen MR) is 110 cm³/mol. The Hall–Kier alpha value is -1.86. The van der Waals surface area contributed by atoms with Gasteiger partial charge in [-0.25, -0.2) is 13.1 Å². The van der Waals surface area contributed by atoms with Crippen molar-refractivity contribution in [2.24, 2.45) is 0 Å².